The first-order valence-electron chi connectivity index (χ1n) is 3.56. The number of aliphatic hydroxyl groups excluding tert-OH is 1. The number of rotatable bonds is 5. The van der Waals surface area contributed by atoms with Crippen molar-refractivity contribution < 1.29 is 19.4 Å². The van der Waals surface area contributed by atoms with Gasteiger partial charge in [0, 0.05) is 6.08 Å². The second kappa shape index (κ2) is 6.01. The molecule has 0 fully saturated rings. The van der Waals surface area contributed by atoms with E-state index in [1.165, 1.54) is 0 Å². The molecule has 0 rings (SSSR count). The lowest BCUT2D eigenvalue weighted by Gasteiger charge is -2.16. The average molecular weight is 188 g/mol. The summed E-state index contributed by atoms with van der Waals surface area (Å²) >= 11 is 0. The van der Waals surface area contributed by atoms with Crippen molar-refractivity contribution in [1.29, 1.82) is 0 Å². The van der Waals surface area contributed by atoms with Crippen molar-refractivity contribution in [3.05, 3.63) is 12.7 Å². The maximum atomic E-state index is 10.5. The smallest absolute Gasteiger partial charge is 0.330 e. The highest BCUT2D eigenvalue weighted by molar-refractivity contribution is 5.81. The molecule has 0 saturated carbocycles. The minimum absolute atomic E-state index is 0.0195. The number of carbonyl (C=O) groups excluding carboxylic acids is 2. The molecule has 0 aromatic rings. The number of amides is 2. The molecule has 6 nitrogen and oxygen atoms in total. The van der Waals surface area contributed by atoms with E-state index in [2.05, 4.69) is 11.3 Å². The molecule has 0 saturated heterocycles. The molecule has 0 heterocycles. The lowest BCUT2D eigenvalue weighted by Crippen LogP contribution is -2.38. The van der Waals surface area contributed by atoms with Gasteiger partial charge in [0.1, 0.15) is 13.3 Å². The molecule has 0 spiro atoms. The predicted octanol–water partition coefficient (Wildman–Crippen LogP) is -0.954. The zero-order chi connectivity index (χ0) is 10.3. The van der Waals surface area contributed by atoms with E-state index < -0.39 is 18.7 Å². The molecule has 0 atom stereocenters. The first-order chi connectivity index (χ1) is 6.11. The van der Waals surface area contributed by atoms with E-state index in [9.17, 15) is 9.59 Å². The van der Waals surface area contributed by atoms with Gasteiger partial charge >= 0.3 is 12.0 Å². The number of hydrogen-bond acceptors (Lipinski definition) is 4. The summed E-state index contributed by atoms with van der Waals surface area (Å²) in [6.07, 6.45) is 1.01. The van der Waals surface area contributed by atoms with Gasteiger partial charge in [-0.2, -0.15) is 0 Å². The third-order valence-corrected chi connectivity index (χ3v) is 1.25. The maximum absolute atomic E-state index is 10.5. The Balaban J connectivity index is 3.67. The van der Waals surface area contributed by atoms with Crippen molar-refractivity contribution in [3.8, 4) is 0 Å². The SMILES string of the molecule is C=CC(=O)OCCN(CO)C(N)=O. The number of nitrogens with zero attached hydrogens (tertiary/aromatic N) is 1. The normalized spacial score (nSPS) is 9.00. The van der Waals surface area contributed by atoms with Crippen LogP contribution in [0.1, 0.15) is 0 Å². The lowest BCUT2D eigenvalue weighted by atomic mass is 10.6. The predicted molar refractivity (Wildman–Crippen MR) is 44.5 cm³/mol. The van der Waals surface area contributed by atoms with Crippen LogP contribution in [0.25, 0.3) is 0 Å². The van der Waals surface area contributed by atoms with Gasteiger partial charge in [-0.3, -0.25) is 4.90 Å². The topological polar surface area (TPSA) is 92.9 Å². The number of ether oxygens (including phenoxy) is 1. The van der Waals surface area contributed by atoms with Crippen LogP contribution in [0.2, 0.25) is 0 Å². The fourth-order valence-corrected chi connectivity index (χ4v) is 0.566. The monoisotopic (exact) mass is 188 g/mol. The van der Waals surface area contributed by atoms with Gasteiger partial charge in [-0.15, -0.1) is 0 Å². The molecule has 2 amide bonds. The Kier molecular flexibility index (Phi) is 5.29. The zero-order valence-electron chi connectivity index (χ0n) is 7.10. The van der Waals surface area contributed by atoms with Crippen molar-refractivity contribution in [3.63, 3.8) is 0 Å². The fraction of sp³-hybridized carbons (Fsp3) is 0.429. The summed E-state index contributed by atoms with van der Waals surface area (Å²) in [7, 11) is 0. The second-order valence-corrected chi connectivity index (χ2v) is 2.11. The Hall–Kier alpha value is -1.56. The van der Waals surface area contributed by atoms with Gasteiger partial charge in [-0.05, 0) is 0 Å². The minimum Gasteiger partial charge on any atom is -0.461 e. The van der Waals surface area contributed by atoms with Crippen LogP contribution < -0.4 is 5.73 Å². The van der Waals surface area contributed by atoms with Gasteiger partial charge in [-0.1, -0.05) is 6.58 Å². The van der Waals surface area contributed by atoms with Crippen LogP contribution in [0.5, 0.6) is 0 Å². The van der Waals surface area contributed by atoms with Crippen molar-refractivity contribution in [2.45, 2.75) is 0 Å². The molecule has 0 aromatic heterocycles. The third kappa shape index (κ3) is 4.81. The van der Waals surface area contributed by atoms with Crippen LogP contribution in [0.3, 0.4) is 0 Å². The molecule has 74 valence electrons. The fourth-order valence-electron chi connectivity index (χ4n) is 0.566. The minimum atomic E-state index is -0.767. The molecule has 6 heteroatoms. The molecule has 0 bridgehead atoms. The van der Waals surface area contributed by atoms with Crippen LogP contribution >= 0.6 is 0 Å². The first-order valence-corrected chi connectivity index (χ1v) is 3.56. The van der Waals surface area contributed by atoms with E-state index in [4.69, 9.17) is 10.8 Å². The molecule has 0 aromatic carbocycles. The Bertz CT molecular complexity index is 205. The summed E-state index contributed by atoms with van der Waals surface area (Å²) < 4.78 is 4.56. The van der Waals surface area contributed by atoms with Crippen LogP contribution in [0.15, 0.2) is 12.7 Å². The Morgan fingerprint density at radius 3 is 2.62 bits per heavy atom. The number of aliphatic hydroxyl groups is 1. The molecule has 0 radical (unpaired) electrons. The highest BCUT2D eigenvalue weighted by atomic mass is 16.5. The summed E-state index contributed by atoms with van der Waals surface area (Å²) in [5.74, 6) is -0.581. The van der Waals surface area contributed by atoms with E-state index in [0.29, 0.717) is 0 Å². The molecule has 0 unspecified atom stereocenters. The van der Waals surface area contributed by atoms with Crippen LogP contribution in [-0.2, 0) is 9.53 Å². The number of esters is 1. The largest absolute Gasteiger partial charge is 0.461 e. The van der Waals surface area contributed by atoms with Gasteiger partial charge < -0.3 is 15.6 Å². The van der Waals surface area contributed by atoms with Gasteiger partial charge in [0.25, 0.3) is 0 Å². The van der Waals surface area contributed by atoms with Crippen molar-refractivity contribution in [2.24, 2.45) is 5.73 Å². The zero-order valence-corrected chi connectivity index (χ0v) is 7.10. The van der Waals surface area contributed by atoms with Crippen molar-refractivity contribution in [1.82, 2.24) is 4.90 Å². The van der Waals surface area contributed by atoms with Crippen LogP contribution in [0, 0.1) is 0 Å². The van der Waals surface area contributed by atoms with E-state index in [-0.39, 0.29) is 13.2 Å². The Morgan fingerprint density at radius 2 is 2.23 bits per heavy atom. The Morgan fingerprint density at radius 1 is 1.62 bits per heavy atom. The third-order valence-electron chi connectivity index (χ3n) is 1.25. The lowest BCUT2D eigenvalue weighted by molar-refractivity contribution is -0.138. The van der Waals surface area contributed by atoms with E-state index in [0.717, 1.165) is 11.0 Å². The van der Waals surface area contributed by atoms with Crippen LogP contribution in [-0.4, -0.2) is 41.9 Å². The quantitative estimate of drug-likeness (QED) is 0.330. The van der Waals surface area contributed by atoms with Gasteiger partial charge in [-0.25, -0.2) is 9.59 Å². The molecular weight excluding hydrogens is 176 g/mol. The molecule has 13 heavy (non-hydrogen) atoms. The summed E-state index contributed by atoms with van der Waals surface area (Å²) in [5, 5.41) is 8.58. The van der Waals surface area contributed by atoms with Gasteiger partial charge in [0.15, 0.2) is 0 Å². The summed E-state index contributed by atoms with van der Waals surface area (Å²) in [6, 6.07) is -0.767. The summed E-state index contributed by atoms with van der Waals surface area (Å²) in [6.45, 7) is 2.73. The van der Waals surface area contributed by atoms with Crippen molar-refractivity contribution in [2.75, 3.05) is 19.9 Å². The van der Waals surface area contributed by atoms with Crippen molar-refractivity contribution >= 4 is 12.0 Å². The first kappa shape index (κ1) is 11.4. The molecule has 0 aliphatic rings. The highest BCUT2D eigenvalue weighted by Crippen LogP contribution is 1.87. The molecule has 3 N–H and O–H groups in total. The number of nitrogens with two attached hydrogens (primary N) is 1. The Labute approximate surface area is 75.6 Å². The number of hydrogen-bond donors (Lipinski definition) is 2. The molecule has 0 aliphatic carbocycles. The molecular formula is C7H12N2O4. The number of urea groups is 1. The number of primary amides is 1. The van der Waals surface area contributed by atoms with E-state index in [1.54, 1.807) is 0 Å². The van der Waals surface area contributed by atoms with E-state index >= 15 is 0 Å². The van der Waals surface area contributed by atoms with Crippen LogP contribution in [0.4, 0.5) is 4.79 Å². The summed E-state index contributed by atoms with van der Waals surface area (Å²) in [5.41, 5.74) is 4.86. The van der Waals surface area contributed by atoms with Gasteiger partial charge in [0.05, 0.1) is 6.54 Å². The van der Waals surface area contributed by atoms with Gasteiger partial charge in [0.2, 0.25) is 0 Å². The highest BCUT2D eigenvalue weighted by Gasteiger charge is 2.07. The maximum Gasteiger partial charge on any atom is 0.330 e. The average Bonchev–Trinajstić information content (AvgIpc) is 2.11. The number of carbonyl (C=O) groups is 2. The summed E-state index contributed by atoms with van der Waals surface area (Å²) in [4.78, 5) is 21.9. The standard InChI is InChI=1S/C7H12N2O4/c1-2-6(11)13-4-3-9(5-10)7(8)12/h2,10H,1,3-5H2,(H2,8,12). The second-order valence-electron chi connectivity index (χ2n) is 2.11. The molecule has 0 aliphatic heterocycles. The van der Waals surface area contributed by atoms with E-state index in [1.807, 2.05) is 0 Å².